The van der Waals surface area contributed by atoms with Crippen LogP contribution in [0, 0.1) is 0 Å². The van der Waals surface area contributed by atoms with Crippen LogP contribution in [0.1, 0.15) is 79.5 Å². The first-order valence-corrected chi connectivity index (χ1v) is 10.7. The van der Waals surface area contributed by atoms with Crippen molar-refractivity contribution in [2.24, 2.45) is 0 Å². The van der Waals surface area contributed by atoms with Crippen LogP contribution >= 0.6 is 0 Å². The van der Waals surface area contributed by atoms with Crippen molar-refractivity contribution >= 4 is 11.9 Å². The van der Waals surface area contributed by atoms with Crippen LogP contribution in [0.2, 0.25) is 0 Å². The molecule has 29 heavy (non-hydrogen) atoms. The second-order valence-corrected chi connectivity index (χ2v) is 7.28. The Hall–Kier alpha value is -2.62. The van der Waals surface area contributed by atoms with Crippen molar-refractivity contribution in [2.75, 3.05) is 0 Å². The number of hydrogen-bond donors (Lipinski definition) is 0. The van der Waals surface area contributed by atoms with Crippen LogP contribution in [0.5, 0.6) is 0 Å². The summed E-state index contributed by atoms with van der Waals surface area (Å²) < 4.78 is 11.5. The van der Waals surface area contributed by atoms with Gasteiger partial charge in [0.05, 0.1) is 11.1 Å². The highest BCUT2D eigenvalue weighted by molar-refractivity contribution is 5.90. The Bertz CT molecular complexity index is 727. The maximum atomic E-state index is 12.5. The largest absolute Gasteiger partial charge is 0.459 e. The van der Waals surface area contributed by atoms with Crippen LogP contribution in [0.25, 0.3) is 0 Å². The number of carbonyl (C=O) groups is 2. The number of esters is 2. The van der Waals surface area contributed by atoms with Crippen molar-refractivity contribution in [1.82, 2.24) is 0 Å². The van der Waals surface area contributed by atoms with Crippen LogP contribution in [-0.4, -0.2) is 24.1 Å². The summed E-state index contributed by atoms with van der Waals surface area (Å²) in [7, 11) is 0. The van der Waals surface area contributed by atoms with E-state index in [2.05, 4.69) is 6.92 Å². The Morgan fingerprint density at radius 2 is 1.24 bits per heavy atom. The predicted octanol–water partition coefficient (Wildman–Crippen LogP) is 6.21. The predicted molar refractivity (Wildman–Crippen MR) is 115 cm³/mol. The average molecular weight is 397 g/mol. The highest BCUT2D eigenvalue weighted by Gasteiger charge is 2.23. The molecule has 0 aliphatic heterocycles. The van der Waals surface area contributed by atoms with Gasteiger partial charge in [0, 0.05) is 6.42 Å². The van der Waals surface area contributed by atoms with Crippen molar-refractivity contribution in [3.63, 3.8) is 0 Å². The molecule has 0 amide bonds. The Morgan fingerprint density at radius 3 is 1.72 bits per heavy atom. The van der Waals surface area contributed by atoms with Gasteiger partial charge in [-0.1, -0.05) is 69.5 Å². The van der Waals surface area contributed by atoms with E-state index in [4.69, 9.17) is 9.47 Å². The highest BCUT2D eigenvalue weighted by Crippen LogP contribution is 2.19. The second kappa shape index (κ2) is 12.8. The van der Waals surface area contributed by atoms with Gasteiger partial charge in [-0.05, 0) is 43.5 Å². The molecule has 156 valence electrons. The first kappa shape index (κ1) is 22.7. The fourth-order valence-electron chi connectivity index (χ4n) is 3.20. The van der Waals surface area contributed by atoms with E-state index >= 15 is 0 Å². The van der Waals surface area contributed by atoms with Gasteiger partial charge in [0.25, 0.3) is 0 Å². The molecule has 0 N–H and O–H groups in total. The van der Waals surface area contributed by atoms with Crippen molar-refractivity contribution in [3.8, 4) is 0 Å². The molecule has 2 rings (SSSR count). The second-order valence-electron chi connectivity index (χ2n) is 7.28. The lowest BCUT2D eigenvalue weighted by Gasteiger charge is -2.23. The maximum absolute atomic E-state index is 12.5. The summed E-state index contributed by atoms with van der Waals surface area (Å²) in [6, 6.07) is 18.0. The zero-order valence-electron chi connectivity index (χ0n) is 17.5. The van der Waals surface area contributed by atoms with E-state index in [9.17, 15) is 9.59 Å². The van der Waals surface area contributed by atoms with E-state index in [-0.39, 0.29) is 24.1 Å². The standard InChI is InChI=1S/C25H32O4/c1-3-5-6-13-18-23(29-25(27)21-16-11-8-12-17-21)19-22(4-2)28-24(26)20-14-9-7-10-15-20/h7-12,14-17,22-23H,3-6,13,18-19H2,1-2H3. The molecule has 4 nitrogen and oxygen atoms in total. The Kier molecular flexibility index (Phi) is 9.98. The molecule has 2 unspecified atom stereocenters. The first-order chi connectivity index (χ1) is 14.1. The quantitative estimate of drug-likeness (QED) is 0.316. The van der Waals surface area contributed by atoms with E-state index < -0.39 is 0 Å². The van der Waals surface area contributed by atoms with Crippen molar-refractivity contribution in [2.45, 2.75) is 71.0 Å². The molecular formula is C25H32O4. The molecule has 0 spiro atoms. The van der Waals surface area contributed by atoms with Gasteiger partial charge in [0.2, 0.25) is 0 Å². The molecule has 0 radical (unpaired) electrons. The summed E-state index contributed by atoms with van der Waals surface area (Å²) in [5.41, 5.74) is 1.08. The third-order valence-electron chi connectivity index (χ3n) is 4.93. The van der Waals surface area contributed by atoms with Gasteiger partial charge in [0.1, 0.15) is 12.2 Å². The van der Waals surface area contributed by atoms with Gasteiger partial charge in [-0.25, -0.2) is 9.59 Å². The molecule has 0 aliphatic rings. The van der Waals surface area contributed by atoms with Gasteiger partial charge in [-0.15, -0.1) is 0 Å². The Morgan fingerprint density at radius 1 is 0.724 bits per heavy atom. The van der Waals surface area contributed by atoms with E-state index in [1.807, 2.05) is 43.3 Å². The molecular weight excluding hydrogens is 364 g/mol. The monoisotopic (exact) mass is 396 g/mol. The highest BCUT2D eigenvalue weighted by atomic mass is 16.6. The third kappa shape index (κ3) is 8.10. The van der Waals surface area contributed by atoms with Crippen LogP contribution in [-0.2, 0) is 9.47 Å². The molecule has 2 aromatic rings. The summed E-state index contributed by atoms with van der Waals surface area (Å²) in [5.74, 6) is -0.660. The molecule has 0 aliphatic carbocycles. The number of carbonyl (C=O) groups excluding carboxylic acids is 2. The zero-order chi connectivity index (χ0) is 20.9. The van der Waals surface area contributed by atoms with Gasteiger partial charge in [0.15, 0.2) is 0 Å². The van der Waals surface area contributed by atoms with Crippen LogP contribution in [0.3, 0.4) is 0 Å². The molecule has 0 bridgehead atoms. The summed E-state index contributed by atoms with van der Waals surface area (Å²) in [6.07, 6.45) is 5.82. The third-order valence-corrected chi connectivity index (χ3v) is 4.93. The van der Waals surface area contributed by atoms with Crippen molar-refractivity contribution in [3.05, 3.63) is 71.8 Å². The van der Waals surface area contributed by atoms with Crippen LogP contribution in [0.4, 0.5) is 0 Å². The lowest BCUT2D eigenvalue weighted by molar-refractivity contribution is -0.00342. The molecule has 0 heterocycles. The fraction of sp³-hybridized carbons (Fsp3) is 0.440. The van der Waals surface area contributed by atoms with Gasteiger partial charge in [-0.2, -0.15) is 0 Å². The molecule has 0 saturated heterocycles. The van der Waals surface area contributed by atoms with E-state index in [1.165, 1.54) is 6.42 Å². The van der Waals surface area contributed by atoms with Crippen LogP contribution in [0.15, 0.2) is 60.7 Å². The normalized spacial score (nSPS) is 12.8. The Labute approximate surface area is 174 Å². The van der Waals surface area contributed by atoms with Crippen molar-refractivity contribution < 1.29 is 19.1 Å². The molecule has 2 aromatic carbocycles. The minimum absolute atomic E-state index is 0.270. The number of unbranched alkanes of at least 4 members (excludes halogenated alkanes) is 3. The summed E-state index contributed by atoms with van der Waals surface area (Å²) in [5, 5.41) is 0. The Balaban J connectivity index is 1.99. The lowest BCUT2D eigenvalue weighted by atomic mass is 10.0. The lowest BCUT2D eigenvalue weighted by Crippen LogP contribution is -2.27. The molecule has 2 atom stereocenters. The molecule has 0 fully saturated rings. The molecule has 0 aromatic heterocycles. The minimum Gasteiger partial charge on any atom is -0.459 e. The van der Waals surface area contributed by atoms with E-state index in [0.717, 1.165) is 25.7 Å². The smallest absolute Gasteiger partial charge is 0.338 e. The van der Waals surface area contributed by atoms with E-state index in [1.54, 1.807) is 24.3 Å². The number of benzene rings is 2. The van der Waals surface area contributed by atoms with Gasteiger partial charge < -0.3 is 9.47 Å². The molecule has 4 heteroatoms. The van der Waals surface area contributed by atoms with Crippen molar-refractivity contribution in [1.29, 1.82) is 0 Å². The first-order valence-electron chi connectivity index (χ1n) is 10.7. The van der Waals surface area contributed by atoms with Gasteiger partial charge >= 0.3 is 11.9 Å². The maximum Gasteiger partial charge on any atom is 0.338 e. The van der Waals surface area contributed by atoms with Gasteiger partial charge in [-0.3, -0.25) is 0 Å². The minimum atomic E-state index is -0.337. The zero-order valence-corrected chi connectivity index (χ0v) is 17.5. The average Bonchev–Trinajstić information content (AvgIpc) is 2.77. The van der Waals surface area contributed by atoms with E-state index in [0.29, 0.717) is 24.0 Å². The SMILES string of the molecule is CCCCCCC(CC(CC)OC(=O)c1ccccc1)OC(=O)c1ccccc1. The number of rotatable bonds is 12. The summed E-state index contributed by atoms with van der Waals surface area (Å²) in [4.78, 5) is 24.9. The fourth-order valence-corrected chi connectivity index (χ4v) is 3.20. The topological polar surface area (TPSA) is 52.6 Å². The summed E-state index contributed by atoms with van der Waals surface area (Å²) in [6.45, 7) is 4.15. The number of ether oxygens (including phenoxy) is 2. The summed E-state index contributed by atoms with van der Waals surface area (Å²) >= 11 is 0. The number of hydrogen-bond acceptors (Lipinski definition) is 4. The molecule has 0 saturated carbocycles. The van der Waals surface area contributed by atoms with Crippen LogP contribution < -0.4 is 0 Å².